The van der Waals surface area contributed by atoms with E-state index >= 15 is 0 Å². The Kier molecular flexibility index (Phi) is 4.32. The SMILES string of the molecule is CC(=O)c1ccc(Oc2cc([N+](=O)[O-])ccc2Br)c(F)c1. The first-order valence-corrected chi connectivity index (χ1v) is 6.60. The topological polar surface area (TPSA) is 69.4 Å². The number of hydrogen-bond acceptors (Lipinski definition) is 4. The van der Waals surface area contributed by atoms with Crippen LogP contribution in [0.4, 0.5) is 10.1 Å². The Labute approximate surface area is 127 Å². The first kappa shape index (κ1) is 15.1. The Hall–Kier alpha value is -2.28. The van der Waals surface area contributed by atoms with Gasteiger partial charge in [-0.2, -0.15) is 0 Å². The van der Waals surface area contributed by atoms with E-state index in [0.717, 1.165) is 6.07 Å². The van der Waals surface area contributed by atoms with Gasteiger partial charge in [0.2, 0.25) is 0 Å². The van der Waals surface area contributed by atoms with Crippen LogP contribution in [-0.4, -0.2) is 10.7 Å². The summed E-state index contributed by atoms with van der Waals surface area (Å²) in [6.45, 7) is 1.33. The minimum absolute atomic E-state index is 0.110. The van der Waals surface area contributed by atoms with Gasteiger partial charge in [0.05, 0.1) is 15.5 Å². The molecule has 0 amide bonds. The minimum atomic E-state index is -0.721. The molecule has 0 spiro atoms. The number of benzene rings is 2. The van der Waals surface area contributed by atoms with Crippen LogP contribution in [-0.2, 0) is 0 Å². The Morgan fingerprint density at radius 2 is 1.95 bits per heavy atom. The van der Waals surface area contributed by atoms with E-state index in [9.17, 15) is 19.3 Å². The average Bonchev–Trinajstić information content (AvgIpc) is 2.42. The molecule has 0 radical (unpaired) electrons. The van der Waals surface area contributed by atoms with E-state index in [-0.39, 0.29) is 28.5 Å². The zero-order valence-electron chi connectivity index (χ0n) is 10.8. The molecule has 0 aliphatic heterocycles. The Balaban J connectivity index is 2.36. The lowest BCUT2D eigenvalue weighted by molar-refractivity contribution is -0.384. The van der Waals surface area contributed by atoms with E-state index in [2.05, 4.69) is 15.9 Å². The lowest BCUT2D eigenvalue weighted by Crippen LogP contribution is -1.96. The van der Waals surface area contributed by atoms with Gasteiger partial charge in [-0.25, -0.2) is 4.39 Å². The number of nitro benzene ring substituents is 1. The summed E-state index contributed by atoms with van der Waals surface area (Å²) in [7, 11) is 0. The third-order valence-electron chi connectivity index (χ3n) is 2.68. The van der Waals surface area contributed by atoms with Gasteiger partial charge in [-0.3, -0.25) is 14.9 Å². The standard InChI is InChI=1S/C14H9BrFNO4/c1-8(18)9-2-5-13(12(16)6-9)21-14-7-10(17(19)20)3-4-11(14)15/h2-7H,1H3. The van der Waals surface area contributed by atoms with Crippen molar-refractivity contribution in [2.75, 3.05) is 0 Å². The molecule has 5 nitrogen and oxygen atoms in total. The fourth-order valence-corrected chi connectivity index (χ4v) is 1.93. The van der Waals surface area contributed by atoms with E-state index in [4.69, 9.17) is 4.74 Å². The number of carbonyl (C=O) groups is 1. The monoisotopic (exact) mass is 353 g/mol. The molecule has 0 heterocycles. The fourth-order valence-electron chi connectivity index (χ4n) is 1.60. The smallest absolute Gasteiger partial charge is 0.273 e. The molecule has 2 aromatic rings. The molecule has 0 N–H and O–H groups in total. The molecule has 2 aromatic carbocycles. The Morgan fingerprint density at radius 1 is 1.24 bits per heavy atom. The number of hydrogen-bond donors (Lipinski definition) is 0. The van der Waals surface area contributed by atoms with Gasteiger partial charge in [-0.05, 0) is 47.1 Å². The van der Waals surface area contributed by atoms with Gasteiger partial charge in [-0.1, -0.05) is 0 Å². The highest BCUT2D eigenvalue weighted by Crippen LogP contribution is 2.34. The molecule has 2 rings (SSSR count). The van der Waals surface area contributed by atoms with Crippen LogP contribution >= 0.6 is 15.9 Å². The van der Waals surface area contributed by atoms with Crippen LogP contribution in [0.25, 0.3) is 0 Å². The number of nitro groups is 1. The van der Waals surface area contributed by atoms with Crippen LogP contribution in [0.2, 0.25) is 0 Å². The van der Waals surface area contributed by atoms with Crippen LogP contribution in [0.3, 0.4) is 0 Å². The first-order valence-electron chi connectivity index (χ1n) is 5.81. The van der Waals surface area contributed by atoms with Crippen molar-refractivity contribution >= 4 is 27.4 Å². The van der Waals surface area contributed by atoms with Crippen LogP contribution in [0.1, 0.15) is 17.3 Å². The molecule has 108 valence electrons. The zero-order valence-corrected chi connectivity index (χ0v) is 12.4. The maximum atomic E-state index is 13.9. The van der Waals surface area contributed by atoms with Crippen molar-refractivity contribution in [3.63, 3.8) is 0 Å². The van der Waals surface area contributed by atoms with Crippen LogP contribution in [0.15, 0.2) is 40.9 Å². The summed E-state index contributed by atoms with van der Waals surface area (Å²) in [5.74, 6) is -1.00. The van der Waals surface area contributed by atoms with Gasteiger partial charge in [0.25, 0.3) is 5.69 Å². The molecule has 0 fully saturated rings. The highest BCUT2D eigenvalue weighted by Gasteiger charge is 2.14. The van der Waals surface area contributed by atoms with Crippen molar-refractivity contribution < 1.29 is 18.8 Å². The Bertz CT molecular complexity index is 733. The molecular weight excluding hydrogens is 345 g/mol. The molecule has 7 heteroatoms. The molecule has 0 atom stereocenters. The van der Waals surface area contributed by atoms with Gasteiger partial charge in [0.15, 0.2) is 17.3 Å². The third kappa shape index (κ3) is 3.43. The number of halogens is 2. The second-order valence-electron chi connectivity index (χ2n) is 4.18. The molecular formula is C14H9BrFNO4. The van der Waals surface area contributed by atoms with Crippen molar-refractivity contribution in [2.24, 2.45) is 0 Å². The fraction of sp³-hybridized carbons (Fsp3) is 0.0714. The summed E-state index contributed by atoms with van der Waals surface area (Å²) in [5.41, 5.74) is 0.0481. The van der Waals surface area contributed by atoms with E-state index < -0.39 is 10.7 Å². The summed E-state index contributed by atoms with van der Waals surface area (Å²) in [4.78, 5) is 21.3. The number of carbonyl (C=O) groups excluding carboxylic acids is 1. The molecule has 0 saturated carbocycles. The van der Waals surface area contributed by atoms with Crippen molar-refractivity contribution in [2.45, 2.75) is 6.92 Å². The maximum Gasteiger partial charge on any atom is 0.273 e. The summed E-state index contributed by atoms with van der Waals surface area (Å²) < 4.78 is 19.6. The van der Waals surface area contributed by atoms with E-state index in [1.165, 1.54) is 37.3 Å². The predicted octanol–water partition coefficient (Wildman–Crippen LogP) is 4.49. The predicted molar refractivity (Wildman–Crippen MR) is 77.3 cm³/mol. The number of ketones is 1. The number of nitrogens with zero attached hydrogens (tertiary/aromatic N) is 1. The molecule has 0 bridgehead atoms. The molecule has 0 aromatic heterocycles. The highest BCUT2D eigenvalue weighted by molar-refractivity contribution is 9.10. The zero-order chi connectivity index (χ0) is 15.6. The second-order valence-corrected chi connectivity index (χ2v) is 5.03. The summed E-state index contributed by atoms with van der Waals surface area (Å²) in [6.07, 6.45) is 0. The van der Waals surface area contributed by atoms with Gasteiger partial charge < -0.3 is 4.74 Å². The van der Waals surface area contributed by atoms with Crippen molar-refractivity contribution in [1.29, 1.82) is 0 Å². The average molecular weight is 354 g/mol. The quantitative estimate of drug-likeness (QED) is 0.461. The summed E-state index contributed by atoms with van der Waals surface area (Å²) in [6, 6.07) is 7.70. The third-order valence-corrected chi connectivity index (χ3v) is 3.34. The second kappa shape index (κ2) is 6.01. The van der Waals surface area contributed by atoms with E-state index in [1.807, 2.05) is 0 Å². The maximum absolute atomic E-state index is 13.9. The van der Waals surface area contributed by atoms with Gasteiger partial charge in [0, 0.05) is 11.6 Å². The largest absolute Gasteiger partial charge is 0.453 e. The van der Waals surface area contributed by atoms with Crippen LogP contribution < -0.4 is 4.74 Å². The summed E-state index contributed by atoms with van der Waals surface area (Å²) in [5, 5.41) is 10.7. The number of ether oxygens (including phenoxy) is 1. The molecule has 21 heavy (non-hydrogen) atoms. The number of Topliss-reactive ketones (excluding diaryl/α,β-unsaturated/α-hetero) is 1. The molecule has 0 aliphatic carbocycles. The number of non-ortho nitro benzene ring substituents is 1. The lowest BCUT2D eigenvalue weighted by Gasteiger charge is -2.09. The molecule has 0 aliphatic rings. The van der Waals surface area contributed by atoms with Gasteiger partial charge in [-0.15, -0.1) is 0 Å². The summed E-state index contributed by atoms with van der Waals surface area (Å²) >= 11 is 3.18. The number of rotatable bonds is 4. The van der Waals surface area contributed by atoms with E-state index in [0.29, 0.717) is 4.47 Å². The normalized spacial score (nSPS) is 10.2. The molecule has 0 unspecified atom stereocenters. The van der Waals surface area contributed by atoms with Crippen molar-refractivity contribution in [3.8, 4) is 11.5 Å². The van der Waals surface area contributed by atoms with Gasteiger partial charge in [0.1, 0.15) is 5.75 Å². The van der Waals surface area contributed by atoms with Crippen LogP contribution in [0.5, 0.6) is 11.5 Å². The van der Waals surface area contributed by atoms with Crippen molar-refractivity contribution in [1.82, 2.24) is 0 Å². The Morgan fingerprint density at radius 3 is 2.52 bits per heavy atom. The van der Waals surface area contributed by atoms with E-state index in [1.54, 1.807) is 0 Å². The lowest BCUT2D eigenvalue weighted by atomic mass is 10.1. The minimum Gasteiger partial charge on any atom is -0.453 e. The van der Waals surface area contributed by atoms with Crippen LogP contribution in [0, 0.1) is 15.9 Å². The highest BCUT2D eigenvalue weighted by atomic mass is 79.9. The molecule has 0 saturated heterocycles. The first-order chi connectivity index (χ1) is 9.88. The van der Waals surface area contributed by atoms with Crippen molar-refractivity contribution in [3.05, 3.63) is 62.4 Å². The van der Waals surface area contributed by atoms with Gasteiger partial charge >= 0.3 is 0 Å².